The Balaban J connectivity index is 1.53. The summed E-state index contributed by atoms with van der Waals surface area (Å²) in [6.45, 7) is 0. The number of aromatic nitrogens is 4. The van der Waals surface area contributed by atoms with Gasteiger partial charge in [0.25, 0.3) is 0 Å². The highest BCUT2D eigenvalue weighted by atomic mass is 16.5. The third-order valence-corrected chi connectivity index (χ3v) is 3.91. The molecule has 9 heteroatoms. The second-order valence-electron chi connectivity index (χ2n) is 5.73. The number of hydrogen-bond acceptors (Lipinski definition) is 7. The molecule has 2 aromatic heterocycles. The van der Waals surface area contributed by atoms with Gasteiger partial charge in [0.1, 0.15) is 0 Å². The molecule has 0 atom stereocenters. The quantitative estimate of drug-likeness (QED) is 0.634. The number of rotatable bonds is 7. The minimum absolute atomic E-state index is 0.125. The Kier molecular flexibility index (Phi) is 5.60. The summed E-state index contributed by atoms with van der Waals surface area (Å²) in [5, 5.41) is 15.2. The van der Waals surface area contributed by atoms with Crippen molar-refractivity contribution in [2.24, 2.45) is 0 Å². The topological polar surface area (TPSA) is 108 Å². The first-order valence-corrected chi connectivity index (χ1v) is 8.34. The highest BCUT2D eigenvalue weighted by Crippen LogP contribution is 2.13. The molecule has 0 saturated heterocycles. The van der Waals surface area contributed by atoms with Gasteiger partial charge >= 0.3 is 5.97 Å². The number of esters is 1. The lowest BCUT2D eigenvalue weighted by molar-refractivity contribution is -0.116. The van der Waals surface area contributed by atoms with Gasteiger partial charge in [0, 0.05) is 24.6 Å². The summed E-state index contributed by atoms with van der Waals surface area (Å²) in [6.07, 6.45) is 1.46. The average Bonchev–Trinajstić information content (AvgIpc) is 3.10. The third kappa shape index (κ3) is 4.38. The van der Waals surface area contributed by atoms with E-state index in [1.807, 2.05) is 0 Å². The fourth-order valence-corrected chi connectivity index (χ4v) is 2.52. The van der Waals surface area contributed by atoms with Crippen LogP contribution in [0.4, 0.5) is 5.69 Å². The number of nitrogens with one attached hydrogen (secondary N) is 1. The molecular weight excluding hydrogens is 350 g/mol. The molecule has 2 heterocycles. The molecule has 27 heavy (non-hydrogen) atoms. The van der Waals surface area contributed by atoms with E-state index in [1.54, 1.807) is 48.0 Å². The lowest BCUT2D eigenvalue weighted by atomic mass is 10.2. The van der Waals surface area contributed by atoms with Crippen molar-refractivity contribution in [3.8, 4) is 5.88 Å². The zero-order valence-corrected chi connectivity index (χ0v) is 15.0. The number of aryl methyl sites for hydroxylation is 1. The molecule has 0 aliphatic carbocycles. The standard InChI is InChI=1S/C18H19N5O4/c1-26-17-11-10-15-21-20-14(23(15)22-17)4-3-5-16(24)19-13-8-6-12(7-9-13)18(25)27-2/h6-11H,3-5H2,1-2H3,(H,19,24). The second kappa shape index (κ2) is 8.26. The normalized spacial score (nSPS) is 10.6. The largest absolute Gasteiger partial charge is 0.480 e. The molecule has 0 aliphatic heterocycles. The van der Waals surface area contributed by atoms with Crippen molar-refractivity contribution in [1.29, 1.82) is 0 Å². The molecule has 1 amide bonds. The van der Waals surface area contributed by atoms with Crippen LogP contribution in [0.25, 0.3) is 5.65 Å². The Morgan fingerprint density at radius 1 is 1.07 bits per heavy atom. The molecular formula is C18H19N5O4. The number of hydrogen-bond donors (Lipinski definition) is 1. The maximum atomic E-state index is 12.1. The monoisotopic (exact) mass is 369 g/mol. The van der Waals surface area contributed by atoms with Crippen LogP contribution in [0.5, 0.6) is 5.88 Å². The van der Waals surface area contributed by atoms with Crippen LogP contribution < -0.4 is 10.1 Å². The van der Waals surface area contributed by atoms with Crippen LogP contribution in [0.3, 0.4) is 0 Å². The van der Waals surface area contributed by atoms with E-state index < -0.39 is 5.97 Å². The lowest BCUT2D eigenvalue weighted by Gasteiger charge is -2.06. The van der Waals surface area contributed by atoms with Crippen LogP contribution in [-0.4, -0.2) is 45.9 Å². The predicted octanol–water partition coefficient (Wildman–Crippen LogP) is 1.88. The van der Waals surface area contributed by atoms with E-state index in [1.165, 1.54) is 7.11 Å². The molecule has 0 saturated carbocycles. The van der Waals surface area contributed by atoms with E-state index in [-0.39, 0.29) is 5.91 Å². The van der Waals surface area contributed by atoms with Crippen molar-refractivity contribution in [3.05, 3.63) is 47.8 Å². The zero-order chi connectivity index (χ0) is 19.2. The summed E-state index contributed by atoms with van der Waals surface area (Å²) in [4.78, 5) is 23.5. The van der Waals surface area contributed by atoms with Gasteiger partial charge in [-0.2, -0.15) is 4.52 Å². The first-order valence-electron chi connectivity index (χ1n) is 8.34. The van der Waals surface area contributed by atoms with Crippen molar-refractivity contribution < 1.29 is 19.1 Å². The van der Waals surface area contributed by atoms with Crippen molar-refractivity contribution >= 4 is 23.2 Å². The molecule has 1 aromatic carbocycles. The third-order valence-electron chi connectivity index (χ3n) is 3.91. The molecule has 0 fully saturated rings. The van der Waals surface area contributed by atoms with Crippen molar-refractivity contribution in [3.63, 3.8) is 0 Å². The zero-order valence-electron chi connectivity index (χ0n) is 15.0. The van der Waals surface area contributed by atoms with Crippen LogP contribution in [0, 0.1) is 0 Å². The maximum Gasteiger partial charge on any atom is 0.337 e. The second-order valence-corrected chi connectivity index (χ2v) is 5.73. The minimum Gasteiger partial charge on any atom is -0.480 e. The van der Waals surface area contributed by atoms with Gasteiger partial charge in [0.2, 0.25) is 11.8 Å². The number of benzene rings is 1. The molecule has 0 bridgehead atoms. The Bertz CT molecular complexity index is 952. The molecule has 3 rings (SSSR count). The smallest absolute Gasteiger partial charge is 0.337 e. The van der Waals surface area contributed by atoms with Crippen LogP contribution >= 0.6 is 0 Å². The Morgan fingerprint density at radius 3 is 2.56 bits per heavy atom. The number of anilines is 1. The van der Waals surface area contributed by atoms with Crippen LogP contribution in [-0.2, 0) is 16.0 Å². The van der Waals surface area contributed by atoms with Gasteiger partial charge in [-0.1, -0.05) is 0 Å². The van der Waals surface area contributed by atoms with Gasteiger partial charge in [-0.05, 0) is 36.8 Å². The number of methoxy groups -OCH3 is 2. The van der Waals surface area contributed by atoms with Crippen molar-refractivity contribution in [2.75, 3.05) is 19.5 Å². The van der Waals surface area contributed by atoms with E-state index in [4.69, 9.17) is 4.74 Å². The first-order chi connectivity index (χ1) is 13.1. The minimum atomic E-state index is -0.418. The van der Waals surface area contributed by atoms with E-state index in [0.717, 1.165) is 0 Å². The molecule has 1 N–H and O–H groups in total. The highest BCUT2D eigenvalue weighted by Gasteiger charge is 2.10. The highest BCUT2D eigenvalue weighted by molar-refractivity contribution is 5.93. The number of ether oxygens (including phenoxy) is 2. The first kappa shape index (κ1) is 18.3. The van der Waals surface area contributed by atoms with Gasteiger partial charge in [-0.15, -0.1) is 15.3 Å². The van der Waals surface area contributed by atoms with Gasteiger partial charge in [-0.25, -0.2) is 4.79 Å². The van der Waals surface area contributed by atoms with E-state index in [2.05, 4.69) is 25.3 Å². The molecule has 140 valence electrons. The van der Waals surface area contributed by atoms with Crippen LogP contribution in [0.2, 0.25) is 0 Å². The average molecular weight is 369 g/mol. The van der Waals surface area contributed by atoms with Crippen LogP contribution in [0.15, 0.2) is 36.4 Å². The number of nitrogens with zero attached hydrogens (tertiary/aromatic N) is 4. The summed E-state index contributed by atoms with van der Waals surface area (Å²) < 4.78 is 11.4. The molecule has 0 spiro atoms. The van der Waals surface area contributed by atoms with Gasteiger partial charge in [-0.3, -0.25) is 4.79 Å². The predicted molar refractivity (Wildman–Crippen MR) is 96.7 cm³/mol. The van der Waals surface area contributed by atoms with Gasteiger partial charge in [0.05, 0.1) is 19.8 Å². The fraction of sp³-hybridized carbons (Fsp3) is 0.278. The Hall–Kier alpha value is -3.49. The SMILES string of the molecule is COC(=O)c1ccc(NC(=O)CCCc2nnc3ccc(OC)nn23)cc1. The number of fused-ring (bicyclic) bond motifs is 1. The van der Waals surface area contributed by atoms with Crippen molar-refractivity contribution in [1.82, 2.24) is 19.8 Å². The summed E-state index contributed by atoms with van der Waals surface area (Å²) >= 11 is 0. The van der Waals surface area contributed by atoms with E-state index in [9.17, 15) is 9.59 Å². The Morgan fingerprint density at radius 2 is 1.85 bits per heavy atom. The lowest BCUT2D eigenvalue weighted by Crippen LogP contribution is -2.12. The molecule has 0 unspecified atom stereocenters. The molecule has 0 radical (unpaired) electrons. The van der Waals surface area contributed by atoms with Crippen LogP contribution in [0.1, 0.15) is 29.0 Å². The fourth-order valence-electron chi connectivity index (χ4n) is 2.52. The summed E-state index contributed by atoms with van der Waals surface area (Å²) in [5.41, 5.74) is 1.67. The maximum absolute atomic E-state index is 12.1. The Labute approximate surface area is 155 Å². The number of carbonyl (C=O) groups excluding carboxylic acids is 2. The van der Waals surface area contributed by atoms with E-state index in [0.29, 0.717) is 47.9 Å². The molecule has 0 aliphatic rings. The summed E-state index contributed by atoms with van der Waals surface area (Å²) in [5.74, 6) is 0.592. The van der Waals surface area contributed by atoms with Gasteiger partial charge < -0.3 is 14.8 Å². The summed E-state index contributed by atoms with van der Waals surface area (Å²) in [6, 6.07) is 10.0. The van der Waals surface area contributed by atoms with E-state index >= 15 is 0 Å². The molecule has 3 aromatic rings. The van der Waals surface area contributed by atoms with Gasteiger partial charge in [0.15, 0.2) is 11.5 Å². The number of amides is 1. The molecule has 9 nitrogen and oxygen atoms in total. The van der Waals surface area contributed by atoms with Crippen molar-refractivity contribution in [2.45, 2.75) is 19.3 Å². The summed E-state index contributed by atoms with van der Waals surface area (Å²) in [7, 11) is 2.86. The number of carbonyl (C=O) groups is 2.